The first kappa shape index (κ1) is 12.3. The van der Waals surface area contributed by atoms with Gasteiger partial charge in [-0.1, -0.05) is 11.6 Å². The van der Waals surface area contributed by atoms with Crippen molar-refractivity contribution in [1.29, 1.82) is 0 Å². The van der Waals surface area contributed by atoms with Gasteiger partial charge in [-0.25, -0.2) is 0 Å². The minimum Gasteiger partial charge on any atom is -0.350 e. The van der Waals surface area contributed by atoms with Crippen LogP contribution in [0.15, 0.2) is 35.7 Å². The molecule has 2 heterocycles. The van der Waals surface area contributed by atoms with Gasteiger partial charge in [0.2, 0.25) is 0 Å². The van der Waals surface area contributed by atoms with Crippen LogP contribution in [0.25, 0.3) is 10.2 Å². The Morgan fingerprint density at radius 2 is 2.16 bits per heavy atom. The Morgan fingerprint density at radius 3 is 2.89 bits per heavy atom. The maximum Gasteiger partial charge on any atom is 0.272 e. The molecular weight excluding hydrogens is 280 g/mol. The summed E-state index contributed by atoms with van der Waals surface area (Å²) in [6, 6.07) is 9.22. The average Bonchev–Trinajstić information content (AvgIpc) is 2.93. The van der Waals surface area contributed by atoms with Crippen LogP contribution < -0.4 is 5.32 Å². The number of thiophene rings is 1. The van der Waals surface area contributed by atoms with Crippen molar-refractivity contribution in [2.24, 2.45) is 0 Å². The molecule has 0 spiro atoms. The first-order valence-corrected chi connectivity index (χ1v) is 7.03. The fourth-order valence-corrected chi connectivity index (χ4v) is 2.94. The summed E-state index contributed by atoms with van der Waals surface area (Å²) in [7, 11) is 0. The van der Waals surface area contributed by atoms with E-state index in [0.29, 0.717) is 10.7 Å². The fourth-order valence-electron chi connectivity index (χ4n) is 1.93. The topological polar surface area (TPSA) is 44.9 Å². The highest BCUT2D eigenvalue weighted by atomic mass is 35.5. The second-order valence-corrected chi connectivity index (χ2v) is 5.68. The lowest BCUT2D eigenvalue weighted by atomic mass is 10.2. The molecule has 2 N–H and O–H groups in total. The van der Waals surface area contributed by atoms with Gasteiger partial charge in [-0.2, -0.15) is 0 Å². The van der Waals surface area contributed by atoms with Gasteiger partial charge in [0.05, 0.1) is 10.2 Å². The Hall–Kier alpha value is -1.78. The molecule has 3 rings (SSSR count). The van der Waals surface area contributed by atoms with E-state index in [1.165, 1.54) is 0 Å². The van der Waals surface area contributed by atoms with E-state index in [0.717, 1.165) is 21.5 Å². The van der Waals surface area contributed by atoms with E-state index in [1.54, 1.807) is 23.5 Å². The molecule has 0 aliphatic carbocycles. The molecule has 0 saturated heterocycles. The van der Waals surface area contributed by atoms with Crippen LogP contribution in [0.3, 0.4) is 0 Å². The lowest BCUT2D eigenvalue weighted by Crippen LogP contribution is -2.13. The molecule has 0 fully saturated rings. The highest BCUT2D eigenvalue weighted by Gasteiger charge is 2.11. The molecule has 96 valence electrons. The van der Waals surface area contributed by atoms with Crippen molar-refractivity contribution in [3.05, 3.63) is 52.0 Å². The zero-order valence-electron chi connectivity index (χ0n) is 10.2. The van der Waals surface area contributed by atoms with Gasteiger partial charge in [-0.05, 0) is 48.2 Å². The predicted octanol–water partition coefficient (Wildman–Crippen LogP) is 4.44. The van der Waals surface area contributed by atoms with Crippen LogP contribution >= 0.6 is 22.9 Å². The first-order chi connectivity index (χ1) is 9.13. The summed E-state index contributed by atoms with van der Waals surface area (Å²) in [6.45, 7) is 1.91. The number of anilines is 1. The van der Waals surface area contributed by atoms with E-state index in [2.05, 4.69) is 10.3 Å². The third kappa shape index (κ3) is 2.37. The first-order valence-electron chi connectivity index (χ1n) is 5.77. The number of aromatic amines is 1. The molecule has 0 atom stereocenters. The number of H-pyrrole nitrogens is 1. The van der Waals surface area contributed by atoms with E-state index >= 15 is 0 Å². The SMILES string of the molecule is Cc1cc(Cl)ccc1NC(=O)c1cc2sccc2[nH]1. The normalized spacial score (nSPS) is 10.8. The third-order valence-electron chi connectivity index (χ3n) is 2.92. The Kier molecular flexibility index (Phi) is 3.05. The Balaban J connectivity index is 1.86. The van der Waals surface area contributed by atoms with Crippen molar-refractivity contribution in [3.63, 3.8) is 0 Å². The van der Waals surface area contributed by atoms with E-state index < -0.39 is 0 Å². The maximum absolute atomic E-state index is 12.1. The van der Waals surface area contributed by atoms with Crippen LogP contribution in [-0.4, -0.2) is 10.9 Å². The van der Waals surface area contributed by atoms with Crippen molar-refractivity contribution in [1.82, 2.24) is 4.98 Å². The summed E-state index contributed by atoms with van der Waals surface area (Å²) in [6.07, 6.45) is 0. The number of carbonyl (C=O) groups excluding carboxylic acids is 1. The van der Waals surface area contributed by atoms with Crippen LogP contribution in [-0.2, 0) is 0 Å². The quantitative estimate of drug-likeness (QED) is 0.720. The van der Waals surface area contributed by atoms with Gasteiger partial charge in [-0.15, -0.1) is 11.3 Å². The Labute approximate surface area is 119 Å². The maximum atomic E-state index is 12.1. The molecule has 1 amide bonds. The van der Waals surface area contributed by atoms with Crippen LogP contribution in [0.1, 0.15) is 16.1 Å². The van der Waals surface area contributed by atoms with Crippen molar-refractivity contribution >= 4 is 44.7 Å². The molecule has 0 radical (unpaired) electrons. The molecule has 3 aromatic rings. The number of hydrogen-bond acceptors (Lipinski definition) is 2. The number of carbonyl (C=O) groups is 1. The zero-order chi connectivity index (χ0) is 13.4. The number of benzene rings is 1. The third-order valence-corrected chi connectivity index (χ3v) is 4.02. The Bertz CT molecular complexity index is 731. The molecule has 5 heteroatoms. The monoisotopic (exact) mass is 290 g/mol. The minimum atomic E-state index is -0.145. The van der Waals surface area contributed by atoms with Crippen molar-refractivity contribution in [3.8, 4) is 0 Å². The molecule has 3 nitrogen and oxygen atoms in total. The number of hydrogen-bond donors (Lipinski definition) is 2. The number of aryl methyl sites for hydroxylation is 1. The largest absolute Gasteiger partial charge is 0.350 e. The number of aromatic nitrogens is 1. The Morgan fingerprint density at radius 1 is 1.32 bits per heavy atom. The lowest BCUT2D eigenvalue weighted by molar-refractivity contribution is 0.102. The number of nitrogens with one attached hydrogen (secondary N) is 2. The van der Waals surface area contributed by atoms with E-state index in [9.17, 15) is 4.79 Å². The molecule has 0 unspecified atom stereocenters. The summed E-state index contributed by atoms with van der Waals surface area (Å²) in [5.74, 6) is -0.145. The summed E-state index contributed by atoms with van der Waals surface area (Å²) in [5, 5.41) is 5.54. The molecule has 1 aromatic carbocycles. The lowest BCUT2D eigenvalue weighted by Gasteiger charge is -2.07. The molecule has 0 aliphatic rings. The fraction of sp³-hybridized carbons (Fsp3) is 0.0714. The number of fused-ring (bicyclic) bond motifs is 1. The van der Waals surface area contributed by atoms with Gasteiger partial charge in [-0.3, -0.25) is 4.79 Å². The van der Waals surface area contributed by atoms with Gasteiger partial charge in [0.25, 0.3) is 5.91 Å². The smallest absolute Gasteiger partial charge is 0.272 e. The number of rotatable bonds is 2. The molecular formula is C14H11ClN2OS. The highest BCUT2D eigenvalue weighted by molar-refractivity contribution is 7.17. The predicted molar refractivity (Wildman–Crippen MR) is 80.3 cm³/mol. The number of halogens is 1. The van der Waals surface area contributed by atoms with Gasteiger partial charge in [0, 0.05) is 10.7 Å². The molecule has 0 bridgehead atoms. The van der Waals surface area contributed by atoms with Crippen molar-refractivity contribution in [2.75, 3.05) is 5.32 Å². The standard InChI is InChI=1S/C14H11ClN2OS/c1-8-6-9(15)2-3-10(8)17-14(18)12-7-13-11(16-12)4-5-19-13/h2-7,16H,1H3,(H,17,18). The summed E-state index contributed by atoms with van der Waals surface area (Å²) < 4.78 is 1.08. The average molecular weight is 291 g/mol. The van der Waals surface area contributed by atoms with Crippen LogP contribution in [0.4, 0.5) is 5.69 Å². The molecule has 0 aliphatic heterocycles. The number of amides is 1. The molecule has 0 saturated carbocycles. The van der Waals surface area contributed by atoms with Crippen LogP contribution in [0.2, 0.25) is 5.02 Å². The van der Waals surface area contributed by atoms with Crippen LogP contribution in [0, 0.1) is 6.92 Å². The summed E-state index contributed by atoms with van der Waals surface area (Å²) in [5.41, 5.74) is 3.26. The van der Waals surface area contributed by atoms with E-state index in [-0.39, 0.29) is 5.91 Å². The zero-order valence-corrected chi connectivity index (χ0v) is 11.7. The van der Waals surface area contributed by atoms with E-state index in [1.807, 2.05) is 30.5 Å². The minimum absolute atomic E-state index is 0.145. The van der Waals surface area contributed by atoms with Crippen molar-refractivity contribution in [2.45, 2.75) is 6.92 Å². The van der Waals surface area contributed by atoms with Gasteiger partial charge >= 0.3 is 0 Å². The van der Waals surface area contributed by atoms with Gasteiger partial charge in [0.15, 0.2) is 0 Å². The van der Waals surface area contributed by atoms with Gasteiger partial charge < -0.3 is 10.3 Å². The molecule has 19 heavy (non-hydrogen) atoms. The van der Waals surface area contributed by atoms with Crippen molar-refractivity contribution < 1.29 is 4.79 Å². The summed E-state index contributed by atoms with van der Waals surface area (Å²) >= 11 is 7.50. The summed E-state index contributed by atoms with van der Waals surface area (Å²) in [4.78, 5) is 15.2. The van der Waals surface area contributed by atoms with Gasteiger partial charge in [0.1, 0.15) is 5.69 Å². The second kappa shape index (κ2) is 4.72. The second-order valence-electron chi connectivity index (χ2n) is 4.29. The highest BCUT2D eigenvalue weighted by Crippen LogP contribution is 2.23. The van der Waals surface area contributed by atoms with E-state index in [4.69, 9.17) is 11.6 Å². The van der Waals surface area contributed by atoms with Crippen LogP contribution in [0.5, 0.6) is 0 Å². The molecule has 2 aromatic heterocycles.